The summed E-state index contributed by atoms with van der Waals surface area (Å²) in [6, 6.07) is 3.85. The summed E-state index contributed by atoms with van der Waals surface area (Å²) in [6.07, 6.45) is 3.51. The van der Waals surface area contributed by atoms with Gasteiger partial charge < -0.3 is 10.4 Å². The molecule has 0 radical (unpaired) electrons. The van der Waals surface area contributed by atoms with E-state index in [1.165, 1.54) is 0 Å². The SMILES string of the molecule is CNCC(O)c1cc(Cl)c(SC)c(SC)c1. The van der Waals surface area contributed by atoms with Crippen LogP contribution in [0, 0.1) is 0 Å². The highest BCUT2D eigenvalue weighted by molar-refractivity contribution is 8.01. The van der Waals surface area contributed by atoms with E-state index in [1.807, 2.05) is 31.7 Å². The van der Waals surface area contributed by atoms with Gasteiger partial charge in [-0.15, -0.1) is 23.5 Å². The first kappa shape index (κ1) is 14.2. The standard InChI is InChI=1S/C11H16ClNOS2/c1-13-6-9(14)7-4-8(12)11(16-3)10(5-7)15-2/h4-5,9,13-14H,6H2,1-3H3. The summed E-state index contributed by atoms with van der Waals surface area (Å²) in [7, 11) is 1.82. The zero-order chi connectivity index (χ0) is 12.1. The fraction of sp³-hybridized carbons (Fsp3) is 0.455. The first-order chi connectivity index (χ1) is 7.63. The van der Waals surface area contributed by atoms with Gasteiger partial charge in [-0.25, -0.2) is 0 Å². The fourth-order valence-corrected chi connectivity index (χ4v) is 3.52. The Hall–Kier alpha value is 0.130. The smallest absolute Gasteiger partial charge is 0.0915 e. The fourth-order valence-electron chi connectivity index (χ4n) is 1.44. The molecule has 0 aliphatic carbocycles. The molecular weight excluding hydrogens is 262 g/mol. The van der Waals surface area contributed by atoms with E-state index in [2.05, 4.69) is 5.32 Å². The summed E-state index contributed by atoms with van der Waals surface area (Å²) >= 11 is 9.47. The van der Waals surface area contributed by atoms with Crippen LogP contribution in [0.4, 0.5) is 0 Å². The maximum absolute atomic E-state index is 9.89. The van der Waals surface area contributed by atoms with Crippen LogP contribution in [0.25, 0.3) is 0 Å². The maximum atomic E-state index is 9.89. The number of aliphatic hydroxyl groups is 1. The quantitative estimate of drug-likeness (QED) is 0.811. The summed E-state index contributed by atoms with van der Waals surface area (Å²) in [5.41, 5.74) is 0.863. The van der Waals surface area contributed by atoms with E-state index >= 15 is 0 Å². The van der Waals surface area contributed by atoms with Gasteiger partial charge in [0.15, 0.2) is 0 Å². The molecular formula is C11H16ClNOS2. The molecule has 0 fully saturated rings. The van der Waals surface area contributed by atoms with Gasteiger partial charge in [-0.3, -0.25) is 0 Å². The van der Waals surface area contributed by atoms with Gasteiger partial charge in [-0.05, 0) is 37.3 Å². The second-order valence-electron chi connectivity index (χ2n) is 3.31. The molecule has 1 aromatic rings. The molecule has 1 aromatic carbocycles. The van der Waals surface area contributed by atoms with Crippen molar-refractivity contribution in [2.24, 2.45) is 0 Å². The van der Waals surface area contributed by atoms with Crippen molar-refractivity contribution in [3.05, 3.63) is 22.7 Å². The van der Waals surface area contributed by atoms with Crippen LogP contribution in [0.2, 0.25) is 5.02 Å². The molecule has 1 atom stereocenters. The third kappa shape index (κ3) is 3.31. The lowest BCUT2D eigenvalue weighted by Crippen LogP contribution is -2.16. The topological polar surface area (TPSA) is 32.3 Å². The number of halogens is 1. The largest absolute Gasteiger partial charge is 0.387 e. The highest BCUT2D eigenvalue weighted by Crippen LogP contribution is 2.36. The average Bonchev–Trinajstić information content (AvgIpc) is 2.28. The van der Waals surface area contributed by atoms with Crippen LogP contribution < -0.4 is 5.32 Å². The number of rotatable bonds is 5. The molecule has 2 N–H and O–H groups in total. The Morgan fingerprint density at radius 1 is 1.38 bits per heavy atom. The zero-order valence-corrected chi connectivity index (χ0v) is 12.0. The third-order valence-corrected chi connectivity index (χ3v) is 4.39. The molecule has 0 amide bonds. The van der Waals surface area contributed by atoms with E-state index in [-0.39, 0.29) is 0 Å². The molecule has 0 saturated heterocycles. The second-order valence-corrected chi connectivity index (χ2v) is 5.38. The lowest BCUT2D eigenvalue weighted by Gasteiger charge is -2.14. The minimum Gasteiger partial charge on any atom is -0.387 e. The number of hydrogen-bond donors (Lipinski definition) is 2. The van der Waals surface area contributed by atoms with Gasteiger partial charge in [0.25, 0.3) is 0 Å². The molecule has 0 saturated carbocycles. The first-order valence-electron chi connectivity index (χ1n) is 4.88. The second kappa shape index (κ2) is 6.77. The van der Waals surface area contributed by atoms with E-state index in [0.717, 1.165) is 15.4 Å². The number of thioether (sulfide) groups is 2. The minimum absolute atomic E-state index is 0.510. The van der Waals surface area contributed by atoms with Crippen molar-refractivity contribution in [2.75, 3.05) is 26.1 Å². The van der Waals surface area contributed by atoms with Crippen LogP contribution in [-0.2, 0) is 0 Å². The Morgan fingerprint density at radius 2 is 2.06 bits per heavy atom. The Balaban J connectivity index is 3.09. The van der Waals surface area contributed by atoms with Gasteiger partial charge in [0.2, 0.25) is 0 Å². The minimum atomic E-state index is -0.510. The van der Waals surface area contributed by atoms with Gasteiger partial charge >= 0.3 is 0 Å². The van der Waals surface area contributed by atoms with Crippen molar-refractivity contribution in [1.82, 2.24) is 5.32 Å². The van der Waals surface area contributed by atoms with Crippen LogP contribution in [0.3, 0.4) is 0 Å². The van der Waals surface area contributed by atoms with Crippen LogP contribution in [0.5, 0.6) is 0 Å². The van der Waals surface area contributed by atoms with Gasteiger partial charge in [0.1, 0.15) is 0 Å². The summed E-state index contributed by atoms with van der Waals surface area (Å²) in [4.78, 5) is 2.19. The number of nitrogens with one attached hydrogen (secondary N) is 1. The Kier molecular flexibility index (Phi) is 6.00. The molecule has 16 heavy (non-hydrogen) atoms. The molecule has 0 aliphatic heterocycles. The summed E-state index contributed by atoms with van der Waals surface area (Å²) in [6.45, 7) is 0.531. The molecule has 1 rings (SSSR count). The van der Waals surface area contributed by atoms with Crippen molar-refractivity contribution < 1.29 is 5.11 Å². The molecule has 5 heteroatoms. The van der Waals surface area contributed by atoms with E-state index < -0.39 is 6.10 Å². The predicted octanol–water partition coefficient (Wildman–Crippen LogP) is 3.04. The molecule has 0 aliphatic rings. The Labute approximate surface area is 110 Å². The molecule has 1 unspecified atom stereocenters. The van der Waals surface area contributed by atoms with Crippen LogP contribution in [0.1, 0.15) is 11.7 Å². The van der Waals surface area contributed by atoms with Crippen LogP contribution >= 0.6 is 35.1 Å². The number of likely N-dealkylation sites (N-methyl/N-ethyl adjacent to an activating group) is 1. The van der Waals surface area contributed by atoms with Crippen molar-refractivity contribution in [1.29, 1.82) is 0 Å². The summed E-state index contributed by atoms with van der Waals surface area (Å²) < 4.78 is 0. The molecule has 0 spiro atoms. The van der Waals surface area contributed by atoms with Gasteiger partial charge in [-0.1, -0.05) is 11.6 Å². The molecule has 0 aromatic heterocycles. The predicted molar refractivity (Wildman–Crippen MR) is 73.9 cm³/mol. The lowest BCUT2D eigenvalue weighted by atomic mass is 10.1. The highest BCUT2D eigenvalue weighted by atomic mass is 35.5. The molecule has 0 heterocycles. The normalized spacial score (nSPS) is 12.8. The van der Waals surface area contributed by atoms with Crippen molar-refractivity contribution in [2.45, 2.75) is 15.9 Å². The zero-order valence-electron chi connectivity index (χ0n) is 9.58. The third-order valence-electron chi connectivity index (χ3n) is 2.24. The monoisotopic (exact) mass is 277 g/mol. The van der Waals surface area contributed by atoms with Gasteiger partial charge in [0, 0.05) is 16.3 Å². The summed E-state index contributed by atoms with van der Waals surface area (Å²) in [5, 5.41) is 13.6. The van der Waals surface area contributed by atoms with Crippen LogP contribution in [-0.4, -0.2) is 31.2 Å². The summed E-state index contributed by atoms with van der Waals surface area (Å²) in [5.74, 6) is 0. The van der Waals surface area contributed by atoms with Gasteiger partial charge in [-0.2, -0.15) is 0 Å². The van der Waals surface area contributed by atoms with Crippen molar-refractivity contribution in [3.63, 3.8) is 0 Å². The Morgan fingerprint density at radius 3 is 2.56 bits per heavy atom. The number of aliphatic hydroxyl groups excluding tert-OH is 1. The van der Waals surface area contributed by atoms with Crippen molar-refractivity contribution in [3.8, 4) is 0 Å². The molecule has 2 nitrogen and oxygen atoms in total. The van der Waals surface area contributed by atoms with Crippen LogP contribution in [0.15, 0.2) is 21.9 Å². The lowest BCUT2D eigenvalue weighted by molar-refractivity contribution is 0.177. The van der Waals surface area contributed by atoms with Gasteiger partial charge in [0.05, 0.1) is 11.1 Å². The van der Waals surface area contributed by atoms with E-state index in [0.29, 0.717) is 11.6 Å². The van der Waals surface area contributed by atoms with Crippen molar-refractivity contribution >= 4 is 35.1 Å². The van der Waals surface area contributed by atoms with E-state index in [1.54, 1.807) is 23.5 Å². The number of hydrogen-bond acceptors (Lipinski definition) is 4. The molecule has 90 valence electrons. The first-order valence-corrected chi connectivity index (χ1v) is 7.70. The average molecular weight is 278 g/mol. The Bertz CT molecular complexity index is 360. The molecule has 0 bridgehead atoms. The van der Waals surface area contributed by atoms with E-state index in [4.69, 9.17) is 11.6 Å². The number of benzene rings is 1. The maximum Gasteiger partial charge on any atom is 0.0915 e. The highest BCUT2D eigenvalue weighted by Gasteiger charge is 2.13. The van der Waals surface area contributed by atoms with E-state index in [9.17, 15) is 5.11 Å².